The molecular weight excluding hydrogens is 260 g/mol. The van der Waals surface area contributed by atoms with Crippen LogP contribution in [-0.2, 0) is 0 Å². The molecule has 1 aliphatic heterocycles. The lowest BCUT2D eigenvalue weighted by Crippen LogP contribution is -2.48. The highest BCUT2D eigenvalue weighted by Crippen LogP contribution is 2.36. The lowest BCUT2D eigenvalue weighted by Gasteiger charge is -2.27. The van der Waals surface area contributed by atoms with Crippen molar-refractivity contribution < 1.29 is 9.90 Å². The number of thioether (sulfide) groups is 1. The Morgan fingerprint density at radius 2 is 2.16 bits per heavy atom. The molecule has 1 rings (SSSR count). The molecule has 2 atom stereocenters. The molecule has 3 N–H and O–H groups in total. The smallest absolute Gasteiger partial charge is 0.315 e. The molecule has 0 spiro atoms. The van der Waals surface area contributed by atoms with Crippen molar-refractivity contribution in [2.24, 2.45) is 5.41 Å². The van der Waals surface area contributed by atoms with Gasteiger partial charge in [0.25, 0.3) is 0 Å². The van der Waals surface area contributed by atoms with E-state index in [1.165, 1.54) is 12.2 Å². The summed E-state index contributed by atoms with van der Waals surface area (Å²) in [6.45, 7) is 9.18. The third-order valence-corrected chi connectivity index (χ3v) is 4.88. The Bertz CT molecular complexity index is 296. The monoisotopic (exact) mass is 288 g/mol. The minimum absolute atomic E-state index is 0.0172. The van der Waals surface area contributed by atoms with Gasteiger partial charge in [-0.3, -0.25) is 0 Å². The summed E-state index contributed by atoms with van der Waals surface area (Å²) in [6.07, 6.45) is 3.15. The van der Waals surface area contributed by atoms with Crippen LogP contribution in [0, 0.1) is 5.41 Å². The van der Waals surface area contributed by atoms with Gasteiger partial charge in [-0.15, -0.1) is 0 Å². The molecule has 1 fully saturated rings. The first-order valence-corrected chi connectivity index (χ1v) is 8.02. The Hall–Kier alpha value is -0.420. The fraction of sp³-hybridized carbons (Fsp3) is 0.929. The minimum Gasteiger partial charge on any atom is -0.394 e. The number of amides is 2. The van der Waals surface area contributed by atoms with E-state index in [-0.39, 0.29) is 28.8 Å². The number of carbonyl (C=O) groups is 1. The van der Waals surface area contributed by atoms with Crippen LogP contribution in [0.1, 0.15) is 47.0 Å². The molecule has 1 heterocycles. The topological polar surface area (TPSA) is 61.4 Å². The van der Waals surface area contributed by atoms with Gasteiger partial charge >= 0.3 is 6.03 Å². The highest BCUT2D eigenvalue weighted by atomic mass is 32.2. The van der Waals surface area contributed by atoms with Crippen LogP contribution in [0.3, 0.4) is 0 Å². The number of nitrogens with one attached hydrogen (secondary N) is 2. The van der Waals surface area contributed by atoms with Crippen molar-refractivity contribution in [3.63, 3.8) is 0 Å². The number of urea groups is 1. The van der Waals surface area contributed by atoms with Crippen LogP contribution in [0.2, 0.25) is 0 Å². The number of aliphatic hydroxyl groups excluding tert-OH is 1. The van der Waals surface area contributed by atoms with Crippen LogP contribution in [-0.4, -0.2) is 40.8 Å². The van der Waals surface area contributed by atoms with E-state index in [2.05, 4.69) is 38.3 Å². The first-order valence-electron chi connectivity index (χ1n) is 7.03. The maximum atomic E-state index is 11.9. The van der Waals surface area contributed by atoms with E-state index in [4.69, 9.17) is 0 Å². The molecule has 1 aliphatic rings. The molecule has 0 bridgehead atoms. The number of aliphatic hydroxyl groups is 1. The molecule has 19 heavy (non-hydrogen) atoms. The predicted molar refractivity (Wildman–Crippen MR) is 81.6 cm³/mol. The van der Waals surface area contributed by atoms with Crippen LogP contribution < -0.4 is 10.6 Å². The fourth-order valence-electron chi connectivity index (χ4n) is 2.38. The Kier molecular flexibility index (Phi) is 5.99. The SMILES string of the molecule is CC(C)(C)CC(CO)NC(=O)NCC1(C)CCCS1. The number of hydrogen-bond donors (Lipinski definition) is 3. The molecule has 112 valence electrons. The zero-order valence-corrected chi connectivity index (χ0v) is 13.4. The first-order chi connectivity index (χ1) is 8.74. The lowest BCUT2D eigenvalue weighted by atomic mass is 9.88. The van der Waals surface area contributed by atoms with Crippen LogP contribution in [0.5, 0.6) is 0 Å². The molecule has 0 radical (unpaired) electrons. The molecular formula is C14H28N2O2S. The third-order valence-electron chi connectivity index (χ3n) is 3.34. The van der Waals surface area contributed by atoms with Crippen molar-refractivity contribution in [1.29, 1.82) is 0 Å². The van der Waals surface area contributed by atoms with Crippen LogP contribution in [0.25, 0.3) is 0 Å². The fourth-order valence-corrected chi connectivity index (χ4v) is 3.62. The van der Waals surface area contributed by atoms with Gasteiger partial charge in [0, 0.05) is 11.3 Å². The molecule has 2 unspecified atom stereocenters. The summed E-state index contributed by atoms with van der Waals surface area (Å²) in [7, 11) is 0. The maximum absolute atomic E-state index is 11.9. The predicted octanol–water partition coefficient (Wildman–Crippen LogP) is 2.37. The Morgan fingerprint density at radius 1 is 1.47 bits per heavy atom. The summed E-state index contributed by atoms with van der Waals surface area (Å²) in [5, 5.41) is 15.1. The van der Waals surface area contributed by atoms with Gasteiger partial charge in [0.15, 0.2) is 0 Å². The van der Waals surface area contributed by atoms with Crippen molar-refractivity contribution in [2.75, 3.05) is 18.9 Å². The van der Waals surface area contributed by atoms with E-state index >= 15 is 0 Å². The number of carbonyl (C=O) groups excluding carboxylic acids is 1. The van der Waals surface area contributed by atoms with E-state index < -0.39 is 0 Å². The molecule has 0 aromatic carbocycles. The van der Waals surface area contributed by atoms with Gasteiger partial charge in [0.05, 0.1) is 12.6 Å². The highest BCUT2D eigenvalue weighted by molar-refractivity contribution is 8.00. The van der Waals surface area contributed by atoms with Crippen molar-refractivity contribution in [1.82, 2.24) is 10.6 Å². The summed E-state index contributed by atoms with van der Waals surface area (Å²) in [4.78, 5) is 11.9. The Morgan fingerprint density at radius 3 is 2.63 bits per heavy atom. The molecule has 5 heteroatoms. The van der Waals surface area contributed by atoms with Crippen LogP contribution in [0.15, 0.2) is 0 Å². The quantitative estimate of drug-likeness (QED) is 0.728. The second kappa shape index (κ2) is 6.84. The summed E-state index contributed by atoms with van der Waals surface area (Å²) < 4.78 is 0.177. The van der Waals surface area contributed by atoms with Crippen molar-refractivity contribution in [2.45, 2.75) is 57.7 Å². The molecule has 0 aromatic heterocycles. The summed E-state index contributed by atoms with van der Waals surface area (Å²) in [5.41, 5.74) is 0.0912. The normalized spacial score (nSPS) is 25.1. The van der Waals surface area contributed by atoms with Gasteiger partial charge in [0.1, 0.15) is 0 Å². The van der Waals surface area contributed by atoms with Gasteiger partial charge in [-0.25, -0.2) is 4.79 Å². The van der Waals surface area contributed by atoms with E-state index in [0.717, 1.165) is 12.8 Å². The van der Waals surface area contributed by atoms with E-state index in [0.29, 0.717) is 6.54 Å². The molecule has 1 saturated heterocycles. The largest absolute Gasteiger partial charge is 0.394 e. The zero-order valence-electron chi connectivity index (χ0n) is 12.6. The van der Waals surface area contributed by atoms with E-state index in [1.807, 2.05) is 11.8 Å². The summed E-state index contributed by atoms with van der Waals surface area (Å²) >= 11 is 1.93. The second-order valence-electron chi connectivity index (χ2n) is 6.87. The average molecular weight is 288 g/mol. The van der Waals surface area contributed by atoms with Crippen molar-refractivity contribution >= 4 is 17.8 Å². The molecule has 0 saturated carbocycles. The molecule has 0 aromatic rings. The van der Waals surface area contributed by atoms with Gasteiger partial charge < -0.3 is 15.7 Å². The maximum Gasteiger partial charge on any atom is 0.315 e. The first kappa shape index (κ1) is 16.6. The van der Waals surface area contributed by atoms with E-state index in [1.54, 1.807) is 0 Å². The molecule has 0 aliphatic carbocycles. The summed E-state index contributed by atoms with van der Waals surface area (Å²) in [5.74, 6) is 1.18. The minimum atomic E-state index is -0.177. The molecule has 4 nitrogen and oxygen atoms in total. The Balaban J connectivity index is 2.32. The second-order valence-corrected chi connectivity index (χ2v) is 8.56. The van der Waals surface area contributed by atoms with Gasteiger partial charge in [-0.05, 0) is 37.4 Å². The molecule has 2 amide bonds. The van der Waals surface area contributed by atoms with Crippen molar-refractivity contribution in [3.8, 4) is 0 Å². The van der Waals surface area contributed by atoms with Crippen molar-refractivity contribution in [3.05, 3.63) is 0 Å². The summed E-state index contributed by atoms with van der Waals surface area (Å²) in [6, 6.07) is -0.346. The van der Waals surface area contributed by atoms with Gasteiger partial charge in [-0.2, -0.15) is 11.8 Å². The van der Waals surface area contributed by atoms with Gasteiger partial charge in [0.2, 0.25) is 0 Å². The van der Waals surface area contributed by atoms with Crippen LogP contribution in [0.4, 0.5) is 4.79 Å². The van der Waals surface area contributed by atoms with Gasteiger partial charge in [-0.1, -0.05) is 20.8 Å². The van der Waals surface area contributed by atoms with Crippen LogP contribution >= 0.6 is 11.8 Å². The average Bonchev–Trinajstić information content (AvgIpc) is 2.71. The zero-order chi connectivity index (χ0) is 14.5. The number of hydrogen-bond acceptors (Lipinski definition) is 3. The lowest BCUT2D eigenvalue weighted by molar-refractivity contribution is 0.190. The third kappa shape index (κ3) is 6.52. The Labute approximate surface area is 121 Å². The highest BCUT2D eigenvalue weighted by Gasteiger charge is 2.30. The number of rotatable bonds is 5. The standard InChI is InChI=1S/C14H28N2O2S/c1-13(2,3)8-11(9-17)16-12(18)15-10-14(4)6-5-7-19-14/h11,17H,5-10H2,1-4H3,(H2,15,16,18). The van der Waals surface area contributed by atoms with E-state index in [9.17, 15) is 9.90 Å².